The van der Waals surface area contributed by atoms with Crippen molar-refractivity contribution in [3.05, 3.63) is 23.7 Å². The largest absolute Gasteiger partial charge is 0.462 e. The quantitative estimate of drug-likeness (QED) is 0.639. The molecule has 1 rings (SSSR count). The Labute approximate surface area is 72.5 Å². The molecule has 0 radical (unpaired) electrons. The molecule has 0 aliphatic heterocycles. The Bertz CT molecular complexity index is 280. The second-order valence-electron chi connectivity index (χ2n) is 2.63. The predicted molar refractivity (Wildman–Crippen MR) is 46.7 cm³/mol. The first-order chi connectivity index (χ1) is 5.77. The van der Waals surface area contributed by atoms with E-state index >= 15 is 0 Å². The van der Waals surface area contributed by atoms with Gasteiger partial charge in [0, 0.05) is 7.11 Å². The lowest BCUT2D eigenvalue weighted by molar-refractivity contribution is 0.162. The second-order valence-corrected chi connectivity index (χ2v) is 2.63. The second kappa shape index (κ2) is 3.99. The summed E-state index contributed by atoms with van der Waals surface area (Å²) in [7, 11) is 1.63. The van der Waals surface area contributed by atoms with Gasteiger partial charge in [0.05, 0.1) is 5.92 Å². The van der Waals surface area contributed by atoms with Crippen LogP contribution in [0.3, 0.4) is 0 Å². The minimum atomic E-state index is 0.0376. The summed E-state index contributed by atoms with van der Waals surface area (Å²) in [5.41, 5.74) is 0. The first-order valence-corrected chi connectivity index (χ1v) is 3.81. The van der Waals surface area contributed by atoms with E-state index in [4.69, 9.17) is 15.6 Å². The zero-order valence-electron chi connectivity index (χ0n) is 7.33. The summed E-state index contributed by atoms with van der Waals surface area (Å²) in [6.07, 6.45) is 5.25. The number of methoxy groups -OCH3 is 1. The number of rotatable bonds is 3. The van der Waals surface area contributed by atoms with Gasteiger partial charge in [-0.25, -0.2) is 0 Å². The standard InChI is InChI=1S/C10H12O2/c1-4-8(2)10-6-5-9(12-10)7-11-3/h1,5-6,8H,7H2,2-3H3. The molecule has 12 heavy (non-hydrogen) atoms. The lowest BCUT2D eigenvalue weighted by Gasteiger charge is -1.97. The molecule has 0 aromatic carbocycles. The van der Waals surface area contributed by atoms with Crippen LogP contribution in [0.2, 0.25) is 0 Å². The fourth-order valence-electron chi connectivity index (χ4n) is 0.929. The zero-order chi connectivity index (χ0) is 8.97. The first-order valence-electron chi connectivity index (χ1n) is 3.81. The van der Waals surface area contributed by atoms with E-state index in [-0.39, 0.29) is 5.92 Å². The maximum Gasteiger partial charge on any atom is 0.129 e. The van der Waals surface area contributed by atoms with Crippen molar-refractivity contribution < 1.29 is 9.15 Å². The molecule has 0 bridgehead atoms. The minimum absolute atomic E-state index is 0.0376. The topological polar surface area (TPSA) is 22.4 Å². The molecule has 0 saturated heterocycles. The summed E-state index contributed by atoms with van der Waals surface area (Å²) in [5.74, 6) is 4.28. The van der Waals surface area contributed by atoms with Gasteiger partial charge in [-0.2, -0.15) is 0 Å². The number of furan rings is 1. The van der Waals surface area contributed by atoms with Crippen molar-refractivity contribution in [3.8, 4) is 12.3 Å². The molecule has 1 unspecified atom stereocenters. The van der Waals surface area contributed by atoms with Gasteiger partial charge in [-0.15, -0.1) is 6.42 Å². The monoisotopic (exact) mass is 164 g/mol. The molecule has 2 nitrogen and oxygen atoms in total. The van der Waals surface area contributed by atoms with Gasteiger partial charge in [-0.3, -0.25) is 0 Å². The van der Waals surface area contributed by atoms with Crippen LogP contribution in [0.15, 0.2) is 16.5 Å². The van der Waals surface area contributed by atoms with Gasteiger partial charge in [0.1, 0.15) is 18.1 Å². The highest BCUT2D eigenvalue weighted by Gasteiger charge is 2.06. The van der Waals surface area contributed by atoms with E-state index in [9.17, 15) is 0 Å². The Balaban J connectivity index is 2.71. The van der Waals surface area contributed by atoms with E-state index in [0.29, 0.717) is 6.61 Å². The Morgan fingerprint density at radius 3 is 3.00 bits per heavy atom. The van der Waals surface area contributed by atoms with Crippen molar-refractivity contribution in [2.24, 2.45) is 0 Å². The van der Waals surface area contributed by atoms with Crippen LogP contribution in [-0.2, 0) is 11.3 Å². The molecule has 0 spiro atoms. The average Bonchev–Trinajstić information content (AvgIpc) is 2.52. The van der Waals surface area contributed by atoms with Crippen molar-refractivity contribution >= 4 is 0 Å². The van der Waals surface area contributed by atoms with E-state index in [1.54, 1.807) is 7.11 Å². The third kappa shape index (κ3) is 1.90. The molecule has 0 aliphatic carbocycles. The van der Waals surface area contributed by atoms with Crippen LogP contribution in [0.25, 0.3) is 0 Å². The average molecular weight is 164 g/mol. The number of hydrogen-bond acceptors (Lipinski definition) is 2. The molecular weight excluding hydrogens is 152 g/mol. The molecule has 0 amide bonds. The highest BCUT2D eigenvalue weighted by Crippen LogP contribution is 2.17. The maximum atomic E-state index is 5.41. The van der Waals surface area contributed by atoms with Crippen molar-refractivity contribution in [3.63, 3.8) is 0 Å². The maximum absolute atomic E-state index is 5.41. The summed E-state index contributed by atoms with van der Waals surface area (Å²) in [6.45, 7) is 2.42. The minimum Gasteiger partial charge on any atom is -0.462 e. The number of hydrogen-bond donors (Lipinski definition) is 0. The van der Waals surface area contributed by atoms with Crippen molar-refractivity contribution in [2.45, 2.75) is 19.4 Å². The summed E-state index contributed by atoms with van der Waals surface area (Å²) >= 11 is 0. The zero-order valence-corrected chi connectivity index (χ0v) is 7.33. The fraction of sp³-hybridized carbons (Fsp3) is 0.400. The Morgan fingerprint density at radius 1 is 1.67 bits per heavy atom. The molecule has 1 aromatic heterocycles. The van der Waals surface area contributed by atoms with Gasteiger partial charge in [0.15, 0.2) is 0 Å². The van der Waals surface area contributed by atoms with E-state index < -0.39 is 0 Å². The number of ether oxygens (including phenoxy) is 1. The Morgan fingerprint density at radius 2 is 2.42 bits per heavy atom. The highest BCUT2D eigenvalue weighted by molar-refractivity contribution is 5.17. The summed E-state index contributed by atoms with van der Waals surface area (Å²) in [5, 5.41) is 0. The Kier molecular flexibility index (Phi) is 2.95. The molecule has 1 heterocycles. The Hall–Kier alpha value is -1.20. The van der Waals surface area contributed by atoms with Gasteiger partial charge >= 0.3 is 0 Å². The van der Waals surface area contributed by atoms with Crippen molar-refractivity contribution in [1.82, 2.24) is 0 Å². The van der Waals surface area contributed by atoms with Crippen LogP contribution < -0.4 is 0 Å². The fourth-order valence-corrected chi connectivity index (χ4v) is 0.929. The molecule has 1 aromatic rings. The lowest BCUT2D eigenvalue weighted by atomic mass is 10.1. The number of terminal acetylenes is 1. The highest BCUT2D eigenvalue weighted by atomic mass is 16.5. The van der Waals surface area contributed by atoms with Crippen LogP contribution in [0.5, 0.6) is 0 Å². The van der Waals surface area contributed by atoms with Gasteiger partial charge in [0.2, 0.25) is 0 Å². The SMILES string of the molecule is C#CC(C)c1ccc(COC)o1. The van der Waals surface area contributed by atoms with E-state index in [1.807, 2.05) is 19.1 Å². The first kappa shape index (κ1) is 8.89. The summed E-state index contributed by atoms with van der Waals surface area (Å²) < 4.78 is 10.3. The molecule has 64 valence electrons. The molecule has 0 fully saturated rings. The molecule has 0 saturated carbocycles. The van der Waals surface area contributed by atoms with Crippen molar-refractivity contribution in [2.75, 3.05) is 7.11 Å². The van der Waals surface area contributed by atoms with Crippen LogP contribution in [0.1, 0.15) is 24.4 Å². The third-order valence-corrected chi connectivity index (χ3v) is 1.65. The van der Waals surface area contributed by atoms with Crippen LogP contribution in [-0.4, -0.2) is 7.11 Å². The molecule has 0 aliphatic rings. The smallest absolute Gasteiger partial charge is 0.129 e. The molecule has 0 N–H and O–H groups in total. The van der Waals surface area contributed by atoms with Gasteiger partial charge < -0.3 is 9.15 Å². The van der Waals surface area contributed by atoms with Crippen LogP contribution >= 0.6 is 0 Å². The summed E-state index contributed by atoms with van der Waals surface area (Å²) in [6, 6.07) is 3.77. The van der Waals surface area contributed by atoms with E-state index in [1.165, 1.54) is 0 Å². The van der Waals surface area contributed by atoms with Gasteiger partial charge in [0.25, 0.3) is 0 Å². The molecular formula is C10H12O2. The van der Waals surface area contributed by atoms with Crippen LogP contribution in [0, 0.1) is 12.3 Å². The van der Waals surface area contributed by atoms with Gasteiger partial charge in [-0.1, -0.05) is 5.92 Å². The predicted octanol–water partition coefficient (Wildman–Crippen LogP) is 2.16. The third-order valence-electron chi connectivity index (χ3n) is 1.65. The van der Waals surface area contributed by atoms with Crippen molar-refractivity contribution in [1.29, 1.82) is 0 Å². The van der Waals surface area contributed by atoms with E-state index in [2.05, 4.69) is 5.92 Å². The van der Waals surface area contributed by atoms with Crippen LogP contribution in [0.4, 0.5) is 0 Å². The molecule has 2 heteroatoms. The van der Waals surface area contributed by atoms with E-state index in [0.717, 1.165) is 11.5 Å². The lowest BCUT2D eigenvalue weighted by Crippen LogP contribution is -1.86. The summed E-state index contributed by atoms with van der Waals surface area (Å²) in [4.78, 5) is 0. The van der Waals surface area contributed by atoms with Gasteiger partial charge in [-0.05, 0) is 19.1 Å². The normalized spacial score (nSPS) is 12.4. The molecule has 1 atom stereocenters.